The summed E-state index contributed by atoms with van der Waals surface area (Å²) in [7, 11) is 3.26. The Bertz CT molecular complexity index is 924. The van der Waals surface area contributed by atoms with E-state index in [0.29, 0.717) is 17.7 Å². The summed E-state index contributed by atoms with van der Waals surface area (Å²) in [4.78, 5) is 17.9. The third kappa shape index (κ3) is 2.58. The zero-order valence-electron chi connectivity index (χ0n) is 13.9. The summed E-state index contributed by atoms with van der Waals surface area (Å²) < 4.78 is 9.04. The lowest BCUT2D eigenvalue weighted by molar-refractivity contribution is -0.891. The second-order valence-electron chi connectivity index (χ2n) is 5.34. The molecule has 3 heterocycles. The Morgan fingerprint density at radius 3 is 2.71 bits per heavy atom. The number of aryl methyl sites for hydroxylation is 1. The summed E-state index contributed by atoms with van der Waals surface area (Å²) in [5.41, 5.74) is 9.61. The Hall–Kier alpha value is -2.61. The molecule has 3 rings (SSSR count). The van der Waals surface area contributed by atoms with Crippen molar-refractivity contribution in [3.8, 4) is 5.75 Å². The molecule has 0 fully saturated rings. The molecule has 0 aliphatic heterocycles. The predicted octanol–water partition coefficient (Wildman–Crippen LogP) is 1.08. The minimum atomic E-state index is 0.104. The van der Waals surface area contributed by atoms with Crippen molar-refractivity contribution in [1.82, 2.24) is 19.5 Å². The highest BCUT2D eigenvalue weighted by Crippen LogP contribution is 2.25. The number of nitrogens with two attached hydrogens (primary N) is 1. The lowest BCUT2D eigenvalue weighted by Gasteiger charge is -2.11. The first-order valence-corrected chi connectivity index (χ1v) is 7.61. The van der Waals surface area contributed by atoms with Crippen molar-refractivity contribution in [1.29, 1.82) is 0 Å². The SMILES string of the molecule is COc1c(C)c[n+](OC)c(Cn2cnc3c(Cl)nc(N)nc32)c1C. The second-order valence-corrected chi connectivity index (χ2v) is 5.70. The van der Waals surface area contributed by atoms with Crippen LogP contribution in [0.1, 0.15) is 16.8 Å². The van der Waals surface area contributed by atoms with Crippen LogP contribution >= 0.6 is 11.6 Å². The van der Waals surface area contributed by atoms with Gasteiger partial charge in [0.05, 0.1) is 24.6 Å². The normalized spacial score (nSPS) is 11.0. The molecule has 3 aromatic rings. The molecule has 0 radical (unpaired) electrons. The number of ether oxygens (including phenoxy) is 1. The van der Waals surface area contributed by atoms with Crippen LogP contribution in [0.4, 0.5) is 5.95 Å². The largest absolute Gasteiger partial charge is 0.496 e. The Morgan fingerprint density at radius 1 is 1.29 bits per heavy atom. The number of halogens is 1. The molecule has 0 aromatic carbocycles. The van der Waals surface area contributed by atoms with E-state index in [1.807, 2.05) is 24.6 Å². The second kappa shape index (κ2) is 6.12. The number of rotatable bonds is 4. The van der Waals surface area contributed by atoms with Crippen LogP contribution in [0.15, 0.2) is 12.5 Å². The van der Waals surface area contributed by atoms with Gasteiger partial charge in [-0.2, -0.15) is 9.97 Å². The molecule has 126 valence electrons. The molecule has 0 saturated carbocycles. The zero-order valence-corrected chi connectivity index (χ0v) is 14.6. The molecule has 8 nitrogen and oxygen atoms in total. The summed E-state index contributed by atoms with van der Waals surface area (Å²) in [5, 5.41) is 0.231. The monoisotopic (exact) mass is 349 g/mol. The molecule has 0 aliphatic carbocycles. The Morgan fingerprint density at radius 2 is 2.04 bits per heavy atom. The summed E-state index contributed by atoms with van der Waals surface area (Å²) in [5.74, 6) is 0.918. The molecule has 0 bridgehead atoms. The molecule has 24 heavy (non-hydrogen) atoms. The number of pyridine rings is 1. The fourth-order valence-electron chi connectivity index (χ4n) is 2.77. The molecule has 0 saturated heterocycles. The van der Waals surface area contributed by atoms with E-state index < -0.39 is 0 Å². The van der Waals surface area contributed by atoms with Crippen LogP contribution in [0.5, 0.6) is 5.75 Å². The maximum Gasteiger partial charge on any atom is 0.260 e. The summed E-state index contributed by atoms with van der Waals surface area (Å²) >= 11 is 6.08. The van der Waals surface area contributed by atoms with Crippen LogP contribution in [-0.2, 0) is 6.54 Å². The van der Waals surface area contributed by atoms with E-state index in [2.05, 4.69) is 15.0 Å². The van der Waals surface area contributed by atoms with Gasteiger partial charge in [-0.15, -0.1) is 0 Å². The Labute approximate surface area is 143 Å². The number of nitrogens with zero attached hydrogens (tertiary/aromatic N) is 5. The molecular formula is C15H18ClN6O2+. The van der Waals surface area contributed by atoms with Crippen molar-refractivity contribution < 1.29 is 14.3 Å². The highest BCUT2D eigenvalue weighted by atomic mass is 35.5. The molecule has 9 heteroatoms. The van der Waals surface area contributed by atoms with Crippen molar-refractivity contribution in [2.75, 3.05) is 20.0 Å². The van der Waals surface area contributed by atoms with Crippen molar-refractivity contribution in [2.45, 2.75) is 20.4 Å². The number of hydrogen-bond acceptors (Lipinski definition) is 6. The van der Waals surface area contributed by atoms with Gasteiger partial charge in [-0.25, -0.2) is 4.98 Å². The van der Waals surface area contributed by atoms with Gasteiger partial charge in [0.25, 0.3) is 5.69 Å². The summed E-state index contributed by atoms with van der Waals surface area (Å²) in [6.45, 7) is 4.40. The molecular weight excluding hydrogens is 332 g/mol. The van der Waals surface area contributed by atoms with Gasteiger partial charge in [0.1, 0.15) is 24.9 Å². The van der Waals surface area contributed by atoms with Crippen LogP contribution in [0, 0.1) is 13.8 Å². The first-order valence-electron chi connectivity index (χ1n) is 7.23. The number of aromatic nitrogens is 5. The standard InChI is InChI=1S/C15H18ClN6O2/c1-8-5-22(24-4)10(9(2)12(8)23-3)6-21-7-18-11-13(16)19-15(17)20-14(11)21/h5,7H,6H2,1-4H3,(H2,17,19,20)/q+1. The average Bonchev–Trinajstić information content (AvgIpc) is 2.93. The Balaban J connectivity index is 2.15. The summed E-state index contributed by atoms with van der Waals surface area (Å²) in [6.07, 6.45) is 3.52. The van der Waals surface area contributed by atoms with Crippen molar-refractivity contribution >= 4 is 28.7 Å². The number of anilines is 1. The maximum absolute atomic E-state index is 6.08. The number of imidazole rings is 1. The molecule has 2 N–H and O–H groups in total. The average molecular weight is 350 g/mol. The molecule has 0 unspecified atom stereocenters. The third-order valence-corrected chi connectivity index (χ3v) is 4.13. The van der Waals surface area contributed by atoms with Gasteiger partial charge < -0.3 is 15.0 Å². The molecule has 0 amide bonds. The van der Waals surface area contributed by atoms with E-state index in [1.54, 1.807) is 25.3 Å². The van der Waals surface area contributed by atoms with Crippen molar-refractivity contribution in [3.63, 3.8) is 0 Å². The highest BCUT2D eigenvalue weighted by molar-refractivity contribution is 6.33. The van der Waals surface area contributed by atoms with E-state index in [4.69, 9.17) is 26.9 Å². The zero-order chi connectivity index (χ0) is 17.4. The minimum absolute atomic E-state index is 0.104. The van der Waals surface area contributed by atoms with Crippen LogP contribution < -0.4 is 20.0 Å². The van der Waals surface area contributed by atoms with E-state index in [1.165, 1.54) is 0 Å². The fourth-order valence-corrected chi connectivity index (χ4v) is 2.99. The van der Waals surface area contributed by atoms with Crippen molar-refractivity contribution in [2.24, 2.45) is 0 Å². The van der Waals surface area contributed by atoms with Crippen LogP contribution in [0.3, 0.4) is 0 Å². The van der Waals surface area contributed by atoms with E-state index in [9.17, 15) is 0 Å². The number of hydrogen-bond donors (Lipinski definition) is 1. The third-order valence-electron chi connectivity index (χ3n) is 3.87. The van der Waals surface area contributed by atoms with Gasteiger partial charge in [0, 0.05) is 4.73 Å². The quantitative estimate of drug-likeness (QED) is 0.560. The molecule has 0 aliphatic rings. The van der Waals surface area contributed by atoms with Gasteiger partial charge >= 0.3 is 0 Å². The first kappa shape index (κ1) is 16.3. The van der Waals surface area contributed by atoms with Crippen molar-refractivity contribution in [3.05, 3.63) is 34.5 Å². The predicted molar refractivity (Wildman–Crippen MR) is 89.0 cm³/mol. The van der Waals surface area contributed by atoms with Gasteiger partial charge in [-0.05, 0) is 13.8 Å². The van der Waals surface area contributed by atoms with Crippen LogP contribution in [0.25, 0.3) is 11.2 Å². The lowest BCUT2D eigenvalue weighted by Crippen LogP contribution is -2.46. The smallest absolute Gasteiger partial charge is 0.260 e. The van der Waals surface area contributed by atoms with Gasteiger partial charge in [0.2, 0.25) is 12.1 Å². The highest BCUT2D eigenvalue weighted by Gasteiger charge is 2.24. The Kier molecular flexibility index (Phi) is 4.15. The van der Waals surface area contributed by atoms with Gasteiger partial charge in [-0.3, -0.25) is 4.84 Å². The molecule has 0 atom stereocenters. The van der Waals surface area contributed by atoms with E-state index >= 15 is 0 Å². The van der Waals surface area contributed by atoms with Gasteiger partial charge in [0.15, 0.2) is 10.8 Å². The fraction of sp³-hybridized carbons (Fsp3) is 0.333. The lowest BCUT2D eigenvalue weighted by atomic mass is 10.1. The molecule has 3 aromatic heterocycles. The first-order chi connectivity index (χ1) is 11.5. The van der Waals surface area contributed by atoms with Crippen LogP contribution in [0.2, 0.25) is 5.15 Å². The number of fused-ring (bicyclic) bond motifs is 1. The number of methoxy groups -OCH3 is 1. The topological polar surface area (TPSA) is 92.0 Å². The van der Waals surface area contributed by atoms with Gasteiger partial charge in [-0.1, -0.05) is 11.6 Å². The minimum Gasteiger partial charge on any atom is -0.496 e. The maximum atomic E-state index is 6.08. The molecule has 0 spiro atoms. The van der Waals surface area contributed by atoms with E-state index in [-0.39, 0.29) is 11.1 Å². The summed E-state index contributed by atoms with van der Waals surface area (Å²) in [6, 6.07) is 0. The van der Waals surface area contributed by atoms with Crippen LogP contribution in [-0.4, -0.2) is 33.7 Å². The number of nitrogen functional groups attached to an aromatic ring is 1. The van der Waals surface area contributed by atoms with E-state index in [0.717, 1.165) is 22.6 Å².